The predicted molar refractivity (Wildman–Crippen MR) is 79.1 cm³/mol. The molecule has 3 nitrogen and oxygen atoms in total. The minimum absolute atomic E-state index is 0.171. The lowest BCUT2D eigenvalue weighted by atomic mass is 10.1. The van der Waals surface area contributed by atoms with Gasteiger partial charge in [-0.2, -0.15) is 0 Å². The van der Waals surface area contributed by atoms with E-state index in [1.807, 2.05) is 17.5 Å². The molecule has 0 spiro atoms. The molecule has 1 N–H and O–H groups in total. The number of thiophene rings is 1. The molecule has 0 saturated carbocycles. The number of nitrogens with one attached hydrogen (secondary N) is 1. The summed E-state index contributed by atoms with van der Waals surface area (Å²) >= 11 is 1.59. The molecule has 0 radical (unpaired) electrons. The van der Waals surface area contributed by atoms with E-state index in [0.29, 0.717) is 24.1 Å². The second-order valence-corrected chi connectivity index (χ2v) is 7.33. The van der Waals surface area contributed by atoms with Gasteiger partial charge in [-0.15, -0.1) is 11.3 Å². The fraction of sp³-hybridized carbons (Fsp3) is 0.286. The number of sulfonamides is 1. The molecule has 1 aromatic carbocycles. The molecule has 0 atom stereocenters. The van der Waals surface area contributed by atoms with Crippen LogP contribution in [0, 0.1) is 19.7 Å². The van der Waals surface area contributed by atoms with Crippen molar-refractivity contribution in [3.8, 4) is 0 Å². The predicted octanol–water partition coefficient (Wildman–Crippen LogP) is 3.03. The summed E-state index contributed by atoms with van der Waals surface area (Å²) < 4.78 is 40.4. The highest BCUT2D eigenvalue weighted by Gasteiger charge is 2.19. The van der Waals surface area contributed by atoms with Gasteiger partial charge in [0.1, 0.15) is 5.82 Å². The lowest BCUT2D eigenvalue weighted by Crippen LogP contribution is -2.27. The third-order valence-electron chi connectivity index (χ3n) is 2.94. The average Bonchev–Trinajstić information content (AvgIpc) is 2.79. The first-order chi connectivity index (χ1) is 9.40. The van der Waals surface area contributed by atoms with E-state index in [4.69, 9.17) is 0 Å². The maximum atomic E-state index is 13.2. The van der Waals surface area contributed by atoms with Crippen LogP contribution in [0.1, 0.15) is 16.0 Å². The van der Waals surface area contributed by atoms with Crippen LogP contribution in [0.2, 0.25) is 0 Å². The first kappa shape index (κ1) is 15.2. The van der Waals surface area contributed by atoms with Crippen molar-refractivity contribution in [3.63, 3.8) is 0 Å². The quantitative estimate of drug-likeness (QED) is 0.922. The van der Waals surface area contributed by atoms with Crippen molar-refractivity contribution >= 4 is 21.4 Å². The van der Waals surface area contributed by atoms with E-state index < -0.39 is 15.8 Å². The lowest BCUT2D eigenvalue weighted by Gasteiger charge is -2.12. The van der Waals surface area contributed by atoms with E-state index in [1.165, 1.54) is 12.1 Å². The van der Waals surface area contributed by atoms with Crippen molar-refractivity contribution in [2.75, 3.05) is 6.54 Å². The van der Waals surface area contributed by atoms with Crippen LogP contribution >= 0.6 is 11.3 Å². The van der Waals surface area contributed by atoms with Crippen molar-refractivity contribution in [1.29, 1.82) is 0 Å². The molecule has 1 heterocycles. The fourth-order valence-electron chi connectivity index (χ4n) is 2.16. The van der Waals surface area contributed by atoms with E-state index in [2.05, 4.69) is 4.72 Å². The number of hydrogen-bond acceptors (Lipinski definition) is 3. The van der Waals surface area contributed by atoms with Crippen molar-refractivity contribution in [1.82, 2.24) is 4.72 Å². The lowest BCUT2D eigenvalue weighted by molar-refractivity contribution is 0.579. The van der Waals surface area contributed by atoms with Gasteiger partial charge in [0.05, 0.1) is 4.90 Å². The highest BCUT2D eigenvalue weighted by atomic mass is 32.2. The molecular weight excluding hydrogens is 297 g/mol. The second kappa shape index (κ2) is 6.03. The molecule has 0 amide bonds. The summed E-state index contributed by atoms with van der Waals surface area (Å²) in [7, 11) is -3.60. The first-order valence-electron chi connectivity index (χ1n) is 6.19. The zero-order chi connectivity index (χ0) is 14.8. The summed E-state index contributed by atoms with van der Waals surface area (Å²) in [5.74, 6) is -0.419. The Hall–Kier alpha value is -1.24. The molecule has 0 aliphatic rings. The van der Waals surface area contributed by atoms with Gasteiger partial charge in [0.2, 0.25) is 10.0 Å². The highest BCUT2D eigenvalue weighted by Crippen LogP contribution is 2.21. The Bertz CT molecular complexity index is 671. The second-order valence-electron chi connectivity index (χ2n) is 4.60. The third kappa shape index (κ3) is 3.45. The molecule has 0 fully saturated rings. The molecule has 1 aromatic heterocycles. The SMILES string of the molecule is Cc1cc(F)cc(C)c1S(=O)(=O)NCCc1cccs1. The number of halogens is 1. The number of rotatable bonds is 5. The normalized spacial score (nSPS) is 11.8. The molecule has 0 aliphatic carbocycles. The Kier molecular flexibility index (Phi) is 4.57. The number of hydrogen-bond donors (Lipinski definition) is 1. The van der Waals surface area contributed by atoms with Crippen LogP contribution in [0.15, 0.2) is 34.5 Å². The van der Waals surface area contributed by atoms with Gasteiger partial charge < -0.3 is 0 Å². The smallest absolute Gasteiger partial charge is 0.211 e. The maximum absolute atomic E-state index is 13.2. The van der Waals surface area contributed by atoms with Gasteiger partial charge in [-0.1, -0.05) is 6.07 Å². The van der Waals surface area contributed by atoms with E-state index >= 15 is 0 Å². The Morgan fingerprint density at radius 1 is 1.25 bits per heavy atom. The van der Waals surface area contributed by atoms with Crippen molar-refractivity contribution in [2.45, 2.75) is 25.2 Å². The number of benzene rings is 1. The molecular formula is C14H16FNO2S2. The molecule has 2 rings (SSSR count). The topological polar surface area (TPSA) is 46.2 Å². The first-order valence-corrected chi connectivity index (χ1v) is 8.55. The van der Waals surface area contributed by atoms with Crippen molar-refractivity contribution < 1.29 is 12.8 Å². The van der Waals surface area contributed by atoms with Crippen LogP contribution in [0.4, 0.5) is 4.39 Å². The van der Waals surface area contributed by atoms with Crippen molar-refractivity contribution in [2.24, 2.45) is 0 Å². The fourth-order valence-corrected chi connectivity index (χ4v) is 4.35. The maximum Gasteiger partial charge on any atom is 0.241 e. The molecule has 108 valence electrons. The molecule has 0 bridgehead atoms. The van der Waals surface area contributed by atoms with Gasteiger partial charge in [-0.05, 0) is 55.0 Å². The van der Waals surface area contributed by atoms with Crippen LogP contribution < -0.4 is 4.72 Å². The van der Waals surface area contributed by atoms with Gasteiger partial charge >= 0.3 is 0 Å². The molecule has 20 heavy (non-hydrogen) atoms. The zero-order valence-corrected chi connectivity index (χ0v) is 12.9. The van der Waals surface area contributed by atoms with Gasteiger partial charge in [0, 0.05) is 11.4 Å². The molecule has 6 heteroatoms. The third-order valence-corrected chi connectivity index (χ3v) is 5.64. The molecule has 2 aromatic rings. The van der Waals surface area contributed by atoms with Crippen LogP contribution in [-0.2, 0) is 16.4 Å². The Labute approximate surface area is 122 Å². The minimum Gasteiger partial charge on any atom is -0.211 e. The van der Waals surface area contributed by atoms with Gasteiger partial charge in [0.15, 0.2) is 0 Å². The van der Waals surface area contributed by atoms with Crippen LogP contribution in [0.3, 0.4) is 0 Å². The zero-order valence-electron chi connectivity index (χ0n) is 11.3. The van der Waals surface area contributed by atoms with Crippen molar-refractivity contribution in [3.05, 3.63) is 51.5 Å². The largest absolute Gasteiger partial charge is 0.241 e. The van der Waals surface area contributed by atoms with E-state index in [-0.39, 0.29) is 4.90 Å². The standard InChI is InChI=1S/C14H16FNO2S2/c1-10-8-12(15)9-11(2)14(10)20(17,18)16-6-5-13-4-3-7-19-13/h3-4,7-9,16H,5-6H2,1-2H3. The van der Waals surface area contributed by atoms with E-state index in [0.717, 1.165) is 4.88 Å². The average molecular weight is 313 g/mol. The molecule has 0 unspecified atom stereocenters. The van der Waals surface area contributed by atoms with Gasteiger partial charge in [-0.3, -0.25) is 0 Å². The van der Waals surface area contributed by atoms with Crippen LogP contribution in [0.25, 0.3) is 0 Å². The summed E-state index contributed by atoms with van der Waals surface area (Å²) in [6, 6.07) is 6.37. The Morgan fingerprint density at radius 3 is 2.45 bits per heavy atom. The van der Waals surface area contributed by atoms with E-state index in [9.17, 15) is 12.8 Å². The number of aryl methyl sites for hydroxylation is 2. The van der Waals surface area contributed by atoms with Gasteiger partial charge in [0.25, 0.3) is 0 Å². The summed E-state index contributed by atoms with van der Waals surface area (Å²) in [5.41, 5.74) is 0.845. The Morgan fingerprint density at radius 2 is 1.90 bits per heavy atom. The Balaban J connectivity index is 2.14. The molecule has 0 aliphatic heterocycles. The summed E-state index contributed by atoms with van der Waals surface area (Å²) in [4.78, 5) is 1.30. The minimum atomic E-state index is -3.60. The monoisotopic (exact) mass is 313 g/mol. The summed E-state index contributed by atoms with van der Waals surface area (Å²) in [6.45, 7) is 3.53. The van der Waals surface area contributed by atoms with Crippen LogP contribution in [-0.4, -0.2) is 15.0 Å². The highest BCUT2D eigenvalue weighted by molar-refractivity contribution is 7.89. The molecule has 0 saturated heterocycles. The van der Waals surface area contributed by atoms with Gasteiger partial charge in [-0.25, -0.2) is 17.5 Å². The van der Waals surface area contributed by atoms with E-state index in [1.54, 1.807) is 25.2 Å². The van der Waals surface area contributed by atoms with Crippen LogP contribution in [0.5, 0.6) is 0 Å². The summed E-state index contributed by atoms with van der Waals surface area (Å²) in [5, 5.41) is 1.96. The summed E-state index contributed by atoms with van der Waals surface area (Å²) in [6.07, 6.45) is 0.649.